The maximum atomic E-state index is 11.0. The Kier molecular flexibility index (Phi) is 2.13. The molecule has 5 heteroatoms. The van der Waals surface area contributed by atoms with Gasteiger partial charge in [-0.15, -0.1) is 11.6 Å². The highest BCUT2D eigenvalue weighted by Crippen LogP contribution is 2.10. The van der Waals surface area contributed by atoms with Gasteiger partial charge in [-0.2, -0.15) is 0 Å². The Morgan fingerprint density at radius 2 is 1.71 bits per heavy atom. The molecule has 0 bridgehead atoms. The molecule has 0 aliphatic carbocycles. The summed E-state index contributed by atoms with van der Waals surface area (Å²) in [6.45, 7) is 0. The van der Waals surface area contributed by atoms with Crippen molar-refractivity contribution in [3.63, 3.8) is 0 Å². The van der Waals surface area contributed by atoms with Gasteiger partial charge in [-0.1, -0.05) is 6.07 Å². The van der Waals surface area contributed by atoms with Crippen LogP contribution < -0.4 is 11.1 Å². The molecule has 0 saturated heterocycles. The Hall–Kier alpha value is -1.55. The van der Waals surface area contributed by atoms with E-state index in [9.17, 15) is 9.59 Å². The molecule has 2 aromatic rings. The molecule has 0 aliphatic rings. The van der Waals surface area contributed by atoms with Crippen LogP contribution in [-0.4, -0.2) is 9.97 Å². The zero-order chi connectivity index (χ0) is 10.1. The van der Waals surface area contributed by atoms with Crippen molar-refractivity contribution in [1.82, 2.24) is 9.97 Å². The Labute approximate surface area is 83.5 Å². The van der Waals surface area contributed by atoms with Crippen molar-refractivity contribution >= 4 is 22.6 Å². The minimum Gasteiger partial charge on any atom is -0.316 e. The van der Waals surface area contributed by atoms with Crippen LogP contribution in [0.5, 0.6) is 0 Å². The maximum absolute atomic E-state index is 11.0. The van der Waals surface area contributed by atoms with Crippen molar-refractivity contribution in [2.24, 2.45) is 0 Å². The highest BCUT2D eigenvalue weighted by Gasteiger charge is 1.99. The van der Waals surface area contributed by atoms with E-state index >= 15 is 0 Å². The lowest BCUT2D eigenvalue weighted by Gasteiger charge is -1.98. The second-order valence-electron chi connectivity index (χ2n) is 2.92. The minimum atomic E-state index is -0.649. The average molecular weight is 211 g/mol. The van der Waals surface area contributed by atoms with Crippen molar-refractivity contribution < 1.29 is 0 Å². The largest absolute Gasteiger partial charge is 0.316 e. The lowest BCUT2D eigenvalue weighted by molar-refractivity contribution is 1.14. The van der Waals surface area contributed by atoms with Gasteiger partial charge in [-0.25, -0.2) is 0 Å². The van der Waals surface area contributed by atoms with Crippen molar-refractivity contribution in [2.45, 2.75) is 5.88 Å². The Balaban J connectivity index is 2.83. The second kappa shape index (κ2) is 3.31. The molecule has 72 valence electrons. The van der Waals surface area contributed by atoms with Gasteiger partial charge < -0.3 is 9.97 Å². The van der Waals surface area contributed by atoms with Crippen LogP contribution in [0.3, 0.4) is 0 Å². The molecule has 1 aromatic heterocycles. The molecule has 0 unspecified atom stereocenters. The number of H-pyrrole nitrogens is 2. The van der Waals surface area contributed by atoms with Gasteiger partial charge >= 0.3 is 11.1 Å². The first-order chi connectivity index (χ1) is 6.70. The number of fused-ring (bicyclic) bond motifs is 1. The van der Waals surface area contributed by atoms with Crippen LogP contribution in [0.25, 0.3) is 11.0 Å². The maximum Gasteiger partial charge on any atom is 0.314 e. The third-order valence-corrected chi connectivity index (χ3v) is 2.25. The number of alkyl halides is 1. The minimum absolute atomic E-state index is 0.372. The van der Waals surface area contributed by atoms with Gasteiger partial charge in [0, 0.05) is 5.88 Å². The van der Waals surface area contributed by atoms with E-state index in [0.717, 1.165) is 5.56 Å². The predicted molar refractivity (Wildman–Crippen MR) is 54.7 cm³/mol. The smallest absolute Gasteiger partial charge is 0.314 e. The van der Waals surface area contributed by atoms with Gasteiger partial charge in [-0.05, 0) is 17.7 Å². The number of nitrogens with one attached hydrogen (secondary N) is 2. The number of hydrogen-bond acceptors (Lipinski definition) is 2. The average Bonchev–Trinajstić information content (AvgIpc) is 2.19. The SMILES string of the molecule is O=c1[nH]c2ccc(CCl)cc2[nH]c1=O. The van der Waals surface area contributed by atoms with E-state index in [4.69, 9.17) is 11.6 Å². The molecule has 1 aromatic carbocycles. The molecule has 1 heterocycles. The Bertz CT molecular complexity index is 585. The number of hydrogen-bond donors (Lipinski definition) is 2. The van der Waals surface area contributed by atoms with Crippen LogP contribution in [0.2, 0.25) is 0 Å². The van der Waals surface area contributed by atoms with E-state index in [1.54, 1.807) is 18.2 Å². The highest BCUT2D eigenvalue weighted by atomic mass is 35.5. The summed E-state index contributed by atoms with van der Waals surface area (Å²) in [6.07, 6.45) is 0. The van der Waals surface area contributed by atoms with Crippen molar-refractivity contribution in [3.8, 4) is 0 Å². The van der Waals surface area contributed by atoms with Crippen LogP contribution in [0.4, 0.5) is 0 Å². The topological polar surface area (TPSA) is 65.7 Å². The fourth-order valence-corrected chi connectivity index (χ4v) is 1.41. The van der Waals surface area contributed by atoms with Crippen LogP contribution >= 0.6 is 11.6 Å². The Morgan fingerprint density at radius 3 is 2.36 bits per heavy atom. The summed E-state index contributed by atoms with van der Waals surface area (Å²) in [6, 6.07) is 5.24. The molecule has 2 N–H and O–H groups in total. The second-order valence-corrected chi connectivity index (χ2v) is 3.19. The molecular formula is C9H7ClN2O2. The normalized spacial score (nSPS) is 10.6. The number of halogens is 1. The van der Waals surface area contributed by atoms with E-state index in [1.165, 1.54) is 0 Å². The zero-order valence-electron chi connectivity index (χ0n) is 7.13. The van der Waals surface area contributed by atoms with E-state index < -0.39 is 11.1 Å². The number of aromatic nitrogens is 2. The van der Waals surface area contributed by atoms with Gasteiger partial charge in [0.15, 0.2) is 0 Å². The van der Waals surface area contributed by atoms with Crippen molar-refractivity contribution in [1.29, 1.82) is 0 Å². The number of rotatable bonds is 1. The third kappa shape index (κ3) is 1.44. The zero-order valence-corrected chi connectivity index (χ0v) is 7.89. The predicted octanol–water partition coefficient (Wildman–Crippen LogP) is 0.955. The van der Waals surface area contributed by atoms with Crippen LogP contribution in [0.1, 0.15) is 5.56 Å². The molecule has 0 fully saturated rings. The lowest BCUT2D eigenvalue weighted by atomic mass is 10.2. The van der Waals surface area contributed by atoms with Crippen molar-refractivity contribution in [3.05, 3.63) is 44.5 Å². The number of benzene rings is 1. The standard InChI is InChI=1S/C9H7ClN2O2/c10-4-5-1-2-6-7(3-5)12-9(14)8(13)11-6/h1-3H,4H2,(H,11,13)(H,12,14). The van der Waals surface area contributed by atoms with E-state index in [0.29, 0.717) is 16.9 Å². The molecule has 0 radical (unpaired) electrons. The fraction of sp³-hybridized carbons (Fsp3) is 0.111. The van der Waals surface area contributed by atoms with E-state index in [-0.39, 0.29) is 0 Å². The molecular weight excluding hydrogens is 204 g/mol. The van der Waals surface area contributed by atoms with E-state index in [1.807, 2.05) is 0 Å². The first-order valence-corrected chi connectivity index (χ1v) is 4.55. The monoisotopic (exact) mass is 210 g/mol. The van der Waals surface area contributed by atoms with Crippen molar-refractivity contribution in [2.75, 3.05) is 0 Å². The first-order valence-electron chi connectivity index (χ1n) is 4.02. The third-order valence-electron chi connectivity index (χ3n) is 1.94. The fourth-order valence-electron chi connectivity index (χ4n) is 1.25. The summed E-state index contributed by atoms with van der Waals surface area (Å²) in [5, 5.41) is 0. The summed E-state index contributed by atoms with van der Waals surface area (Å²) in [5.74, 6) is 0.372. The van der Waals surface area contributed by atoms with Crippen LogP contribution in [-0.2, 0) is 5.88 Å². The van der Waals surface area contributed by atoms with Gasteiger partial charge in [-0.3, -0.25) is 9.59 Å². The van der Waals surface area contributed by atoms with Gasteiger partial charge in [0.25, 0.3) is 0 Å². The van der Waals surface area contributed by atoms with E-state index in [2.05, 4.69) is 9.97 Å². The molecule has 14 heavy (non-hydrogen) atoms. The molecule has 4 nitrogen and oxygen atoms in total. The molecule has 0 aliphatic heterocycles. The summed E-state index contributed by atoms with van der Waals surface area (Å²) in [5.41, 5.74) is 0.790. The summed E-state index contributed by atoms with van der Waals surface area (Å²) in [7, 11) is 0. The summed E-state index contributed by atoms with van der Waals surface area (Å²) in [4.78, 5) is 26.9. The van der Waals surface area contributed by atoms with Crippen LogP contribution in [0, 0.1) is 0 Å². The summed E-state index contributed by atoms with van der Waals surface area (Å²) >= 11 is 5.63. The van der Waals surface area contributed by atoms with Crippen LogP contribution in [0.15, 0.2) is 27.8 Å². The molecule has 0 atom stereocenters. The quantitative estimate of drug-likeness (QED) is 0.544. The summed E-state index contributed by atoms with van der Waals surface area (Å²) < 4.78 is 0. The van der Waals surface area contributed by atoms with Gasteiger partial charge in [0.2, 0.25) is 0 Å². The highest BCUT2D eigenvalue weighted by molar-refractivity contribution is 6.17. The molecule has 0 spiro atoms. The lowest BCUT2D eigenvalue weighted by Crippen LogP contribution is -2.28. The van der Waals surface area contributed by atoms with Gasteiger partial charge in [0.1, 0.15) is 0 Å². The first kappa shape index (κ1) is 9.02. The number of aromatic amines is 2. The van der Waals surface area contributed by atoms with Gasteiger partial charge in [0.05, 0.1) is 11.0 Å². The molecule has 2 rings (SSSR count). The molecule has 0 saturated carbocycles. The molecule has 0 amide bonds. The Morgan fingerprint density at radius 1 is 1.07 bits per heavy atom.